The normalized spacial score (nSPS) is 11.5. The maximum atomic E-state index is 12.3. The van der Waals surface area contributed by atoms with E-state index in [-0.39, 0.29) is 5.69 Å². The van der Waals surface area contributed by atoms with Crippen molar-refractivity contribution in [2.75, 3.05) is 0 Å². The molecule has 0 unspecified atom stereocenters. The summed E-state index contributed by atoms with van der Waals surface area (Å²) in [5, 5.41) is 9.83. The molecule has 2 heterocycles. The highest BCUT2D eigenvalue weighted by molar-refractivity contribution is 6.00. The van der Waals surface area contributed by atoms with Crippen molar-refractivity contribution in [1.82, 2.24) is 9.97 Å². The molecule has 1 aromatic carbocycles. The van der Waals surface area contributed by atoms with Gasteiger partial charge in [0.05, 0.1) is 5.56 Å². The number of pyridine rings is 1. The molecule has 3 aromatic rings. The highest BCUT2D eigenvalue weighted by Gasteiger charge is 2.19. The molecule has 0 spiro atoms. The first kappa shape index (κ1) is 16.7. The van der Waals surface area contributed by atoms with Gasteiger partial charge in [-0.3, -0.25) is 0 Å². The first-order chi connectivity index (χ1) is 11.7. The molecule has 0 radical (unpaired) electrons. The third kappa shape index (κ3) is 3.52. The number of esters is 1. The molecule has 0 aliphatic heterocycles. The van der Waals surface area contributed by atoms with Crippen LogP contribution in [0.25, 0.3) is 22.2 Å². The van der Waals surface area contributed by atoms with Crippen LogP contribution in [0.2, 0.25) is 0 Å². The molecule has 128 valence electrons. The molecule has 0 amide bonds. The molecule has 0 aliphatic carbocycles. The van der Waals surface area contributed by atoms with E-state index in [0.717, 1.165) is 11.1 Å². The number of hydrogen-bond donors (Lipinski definition) is 2. The molecule has 6 heteroatoms. The van der Waals surface area contributed by atoms with Crippen LogP contribution >= 0.6 is 0 Å². The van der Waals surface area contributed by atoms with Crippen LogP contribution in [0.5, 0.6) is 0 Å². The maximum absolute atomic E-state index is 12.3. The van der Waals surface area contributed by atoms with Gasteiger partial charge in [-0.1, -0.05) is 12.1 Å². The number of rotatable bonds is 3. The Balaban J connectivity index is 2.05. The summed E-state index contributed by atoms with van der Waals surface area (Å²) in [5.41, 5.74) is 1.99. The Morgan fingerprint density at radius 1 is 1.16 bits per heavy atom. The molecule has 3 rings (SSSR count). The first-order valence-electron chi connectivity index (χ1n) is 7.79. The van der Waals surface area contributed by atoms with Crippen LogP contribution in [0.15, 0.2) is 42.6 Å². The van der Waals surface area contributed by atoms with E-state index in [1.807, 2.05) is 26.8 Å². The number of carbonyl (C=O) groups is 2. The van der Waals surface area contributed by atoms with Gasteiger partial charge in [-0.05, 0) is 56.2 Å². The van der Waals surface area contributed by atoms with Crippen molar-refractivity contribution in [1.29, 1.82) is 0 Å². The first-order valence-corrected chi connectivity index (χ1v) is 7.79. The fourth-order valence-corrected chi connectivity index (χ4v) is 2.54. The molecule has 0 saturated heterocycles. The van der Waals surface area contributed by atoms with E-state index in [9.17, 15) is 9.59 Å². The van der Waals surface area contributed by atoms with Crippen LogP contribution in [0, 0.1) is 0 Å². The van der Waals surface area contributed by atoms with Gasteiger partial charge < -0.3 is 14.8 Å². The number of carbonyl (C=O) groups excluding carboxylic acids is 1. The van der Waals surface area contributed by atoms with E-state index in [2.05, 4.69) is 9.97 Å². The number of aromatic nitrogens is 2. The quantitative estimate of drug-likeness (QED) is 0.707. The van der Waals surface area contributed by atoms with Gasteiger partial charge in [-0.2, -0.15) is 0 Å². The lowest BCUT2D eigenvalue weighted by Gasteiger charge is -2.19. The van der Waals surface area contributed by atoms with E-state index >= 15 is 0 Å². The molecule has 0 bridgehead atoms. The van der Waals surface area contributed by atoms with Gasteiger partial charge in [-0.25, -0.2) is 14.6 Å². The van der Waals surface area contributed by atoms with Crippen molar-refractivity contribution in [2.24, 2.45) is 0 Å². The molecular weight excluding hydrogens is 320 g/mol. The Labute approximate surface area is 144 Å². The van der Waals surface area contributed by atoms with E-state index in [1.54, 1.807) is 36.5 Å². The Hall–Kier alpha value is -3.15. The molecule has 0 aliphatic rings. The van der Waals surface area contributed by atoms with Gasteiger partial charge in [0, 0.05) is 11.6 Å². The fourth-order valence-electron chi connectivity index (χ4n) is 2.54. The third-order valence-electron chi connectivity index (χ3n) is 3.57. The zero-order chi connectivity index (χ0) is 18.2. The Kier molecular flexibility index (Phi) is 4.04. The van der Waals surface area contributed by atoms with Gasteiger partial charge in [0.2, 0.25) is 0 Å². The van der Waals surface area contributed by atoms with Crippen LogP contribution in [-0.2, 0) is 4.74 Å². The maximum Gasteiger partial charge on any atom is 0.352 e. The molecule has 2 N–H and O–H groups in total. The zero-order valence-electron chi connectivity index (χ0n) is 14.2. The van der Waals surface area contributed by atoms with Crippen LogP contribution in [-0.4, -0.2) is 32.6 Å². The molecule has 2 aromatic heterocycles. The largest absolute Gasteiger partial charge is 0.477 e. The summed E-state index contributed by atoms with van der Waals surface area (Å²) in [7, 11) is 0. The summed E-state index contributed by atoms with van der Waals surface area (Å²) in [4.78, 5) is 30.4. The number of benzene rings is 1. The summed E-state index contributed by atoms with van der Waals surface area (Å²) in [6, 6.07) is 10.4. The number of hydrogen-bond acceptors (Lipinski definition) is 4. The molecule has 0 saturated carbocycles. The van der Waals surface area contributed by atoms with Crippen LogP contribution in [0.4, 0.5) is 0 Å². The van der Waals surface area contributed by atoms with Crippen LogP contribution in [0.1, 0.15) is 41.6 Å². The van der Waals surface area contributed by atoms with Gasteiger partial charge in [0.25, 0.3) is 0 Å². The number of carboxylic acid groups (broad SMARTS) is 1. The summed E-state index contributed by atoms with van der Waals surface area (Å²) >= 11 is 0. The average Bonchev–Trinajstić information content (AvgIpc) is 2.97. The lowest BCUT2D eigenvalue weighted by molar-refractivity contribution is 0.00694. The van der Waals surface area contributed by atoms with Crippen molar-refractivity contribution >= 4 is 23.0 Å². The summed E-state index contributed by atoms with van der Waals surface area (Å²) in [6.45, 7) is 5.44. The average molecular weight is 338 g/mol. The predicted octanol–water partition coefficient (Wildman–Crippen LogP) is 3.88. The highest BCUT2D eigenvalue weighted by Crippen LogP contribution is 2.29. The lowest BCUT2D eigenvalue weighted by Crippen LogP contribution is -2.23. The number of carboxylic acids is 1. The van der Waals surface area contributed by atoms with Gasteiger partial charge in [0.15, 0.2) is 0 Å². The summed E-state index contributed by atoms with van der Waals surface area (Å²) < 4.78 is 5.40. The second kappa shape index (κ2) is 6.05. The smallest absolute Gasteiger partial charge is 0.352 e. The minimum absolute atomic E-state index is 0.0678. The Bertz CT molecular complexity index is 967. The number of fused-ring (bicyclic) bond motifs is 1. The standard InChI is InChI=1S/C19H18N2O4/c1-19(2,3)25-18(24)12-6-4-5-11(9-12)13-7-8-20-16-14(13)10-15(21-16)17(22)23/h4-10H,1-3H3,(H,20,21)(H,22,23). The van der Waals surface area contributed by atoms with Crippen molar-refractivity contribution in [2.45, 2.75) is 26.4 Å². The van der Waals surface area contributed by atoms with Gasteiger partial charge in [-0.15, -0.1) is 0 Å². The highest BCUT2D eigenvalue weighted by atomic mass is 16.6. The second-order valence-corrected chi connectivity index (χ2v) is 6.69. The molecule has 6 nitrogen and oxygen atoms in total. The number of aromatic carboxylic acids is 1. The van der Waals surface area contributed by atoms with E-state index in [1.165, 1.54) is 0 Å². The van der Waals surface area contributed by atoms with Crippen molar-refractivity contribution in [3.05, 3.63) is 53.9 Å². The van der Waals surface area contributed by atoms with Gasteiger partial charge >= 0.3 is 11.9 Å². The number of ether oxygens (including phenoxy) is 1. The summed E-state index contributed by atoms with van der Waals surface area (Å²) in [5.74, 6) is -1.45. The van der Waals surface area contributed by atoms with Crippen LogP contribution < -0.4 is 0 Å². The summed E-state index contributed by atoms with van der Waals surface area (Å²) in [6.07, 6.45) is 1.60. The second-order valence-electron chi connectivity index (χ2n) is 6.69. The monoisotopic (exact) mass is 338 g/mol. The van der Waals surface area contributed by atoms with E-state index in [0.29, 0.717) is 16.6 Å². The van der Waals surface area contributed by atoms with Crippen molar-refractivity contribution in [3.63, 3.8) is 0 Å². The minimum atomic E-state index is -1.05. The van der Waals surface area contributed by atoms with Crippen LogP contribution in [0.3, 0.4) is 0 Å². The SMILES string of the molecule is CC(C)(C)OC(=O)c1cccc(-c2ccnc3[nH]c(C(=O)O)cc23)c1. The van der Waals surface area contributed by atoms with Gasteiger partial charge in [0.1, 0.15) is 16.9 Å². The lowest BCUT2D eigenvalue weighted by atomic mass is 10.0. The number of nitrogens with one attached hydrogen (secondary N) is 1. The Morgan fingerprint density at radius 2 is 1.92 bits per heavy atom. The predicted molar refractivity (Wildman–Crippen MR) is 93.7 cm³/mol. The topological polar surface area (TPSA) is 92.3 Å². The zero-order valence-corrected chi connectivity index (χ0v) is 14.2. The number of aromatic amines is 1. The number of nitrogens with zero attached hydrogens (tertiary/aromatic N) is 1. The number of H-pyrrole nitrogens is 1. The molecule has 0 fully saturated rings. The Morgan fingerprint density at radius 3 is 2.60 bits per heavy atom. The van der Waals surface area contributed by atoms with Crippen molar-refractivity contribution in [3.8, 4) is 11.1 Å². The van der Waals surface area contributed by atoms with Crippen molar-refractivity contribution < 1.29 is 19.4 Å². The molecular formula is C19H18N2O4. The third-order valence-corrected chi connectivity index (χ3v) is 3.57. The minimum Gasteiger partial charge on any atom is -0.477 e. The molecule has 0 atom stereocenters. The van der Waals surface area contributed by atoms with E-state index in [4.69, 9.17) is 9.84 Å². The molecule has 25 heavy (non-hydrogen) atoms. The van der Waals surface area contributed by atoms with E-state index < -0.39 is 17.5 Å². The fraction of sp³-hybridized carbons (Fsp3) is 0.211.